The molecule has 160 valence electrons. The van der Waals surface area contributed by atoms with Crippen molar-refractivity contribution in [3.63, 3.8) is 0 Å². The van der Waals surface area contributed by atoms with Crippen molar-refractivity contribution in [3.05, 3.63) is 48.5 Å². The van der Waals surface area contributed by atoms with E-state index < -0.39 is 0 Å². The van der Waals surface area contributed by atoms with Gasteiger partial charge in [0, 0.05) is 35.1 Å². The number of hydrogen-bond donors (Lipinski definition) is 4. The van der Waals surface area contributed by atoms with Crippen LogP contribution in [0.15, 0.2) is 48.5 Å². The quantitative estimate of drug-likeness (QED) is 0.495. The third-order valence-electron chi connectivity index (χ3n) is 4.18. The summed E-state index contributed by atoms with van der Waals surface area (Å²) in [5.74, 6) is -0.0481. The second kappa shape index (κ2) is 11.0. The Balaban J connectivity index is 1.79. The third-order valence-corrected chi connectivity index (χ3v) is 4.18. The van der Waals surface area contributed by atoms with Crippen molar-refractivity contribution in [1.29, 1.82) is 0 Å². The molecule has 0 atom stereocenters. The van der Waals surface area contributed by atoms with E-state index in [4.69, 9.17) is 0 Å². The van der Waals surface area contributed by atoms with Gasteiger partial charge < -0.3 is 21.3 Å². The molecule has 2 aromatic rings. The molecular formula is C23H30N4O3. The van der Waals surface area contributed by atoms with E-state index in [2.05, 4.69) is 21.3 Å². The second-order valence-corrected chi connectivity index (χ2v) is 7.85. The first-order chi connectivity index (χ1) is 14.2. The predicted octanol–water partition coefficient (Wildman–Crippen LogP) is 4.32. The maximum atomic E-state index is 12.2. The predicted molar refractivity (Wildman–Crippen MR) is 122 cm³/mol. The Morgan fingerprint density at radius 3 is 1.57 bits per heavy atom. The minimum Gasteiger partial charge on any atom is -0.376 e. The van der Waals surface area contributed by atoms with E-state index in [1.165, 1.54) is 0 Å². The average Bonchev–Trinajstić information content (AvgIpc) is 2.68. The van der Waals surface area contributed by atoms with Crippen molar-refractivity contribution in [2.24, 2.45) is 11.8 Å². The first-order valence-corrected chi connectivity index (χ1v) is 10.1. The molecule has 0 fully saturated rings. The van der Waals surface area contributed by atoms with E-state index >= 15 is 0 Å². The summed E-state index contributed by atoms with van der Waals surface area (Å²) < 4.78 is 0. The Morgan fingerprint density at radius 2 is 1.10 bits per heavy atom. The number of anilines is 4. The summed E-state index contributed by atoms with van der Waals surface area (Å²) in [5, 5.41) is 11.5. The molecule has 30 heavy (non-hydrogen) atoms. The van der Waals surface area contributed by atoms with Crippen molar-refractivity contribution >= 4 is 40.5 Å². The molecule has 0 spiro atoms. The molecule has 0 saturated heterocycles. The van der Waals surface area contributed by atoms with Crippen molar-refractivity contribution in [2.75, 3.05) is 27.8 Å². The fourth-order valence-corrected chi connectivity index (χ4v) is 2.57. The molecule has 7 nitrogen and oxygen atoms in total. The van der Waals surface area contributed by atoms with Crippen LogP contribution in [-0.4, -0.2) is 24.3 Å². The van der Waals surface area contributed by atoms with E-state index in [-0.39, 0.29) is 30.2 Å². The summed E-state index contributed by atoms with van der Waals surface area (Å²) >= 11 is 0. The summed E-state index contributed by atoms with van der Waals surface area (Å²) in [4.78, 5) is 35.7. The molecule has 0 aliphatic heterocycles. The van der Waals surface area contributed by atoms with E-state index in [1.807, 2.05) is 27.7 Å². The Hall–Kier alpha value is -3.35. The zero-order valence-electron chi connectivity index (χ0n) is 17.9. The molecule has 0 heterocycles. The number of carbonyl (C=O) groups excluding carboxylic acids is 3. The molecule has 2 rings (SSSR count). The summed E-state index contributed by atoms with van der Waals surface area (Å²) in [6.45, 7) is 7.75. The zero-order chi connectivity index (χ0) is 22.1. The van der Waals surface area contributed by atoms with Gasteiger partial charge in [-0.25, -0.2) is 0 Å². The summed E-state index contributed by atoms with van der Waals surface area (Å²) in [7, 11) is 0. The lowest BCUT2D eigenvalue weighted by molar-refractivity contribution is -0.119. The lowest BCUT2D eigenvalue weighted by Crippen LogP contribution is -2.21. The maximum Gasteiger partial charge on any atom is 0.243 e. The lowest BCUT2D eigenvalue weighted by atomic mass is 10.1. The number of hydrogen-bond acceptors (Lipinski definition) is 4. The zero-order valence-corrected chi connectivity index (χ0v) is 17.9. The van der Waals surface area contributed by atoms with Gasteiger partial charge >= 0.3 is 0 Å². The van der Waals surface area contributed by atoms with Crippen LogP contribution in [0.25, 0.3) is 0 Å². The van der Waals surface area contributed by atoms with Gasteiger partial charge in [0.2, 0.25) is 17.7 Å². The van der Waals surface area contributed by atoms with Gasteiger partial charge in [-0.3, -0.25) is 14.4 Å². The van der Waals surface area contributed by atoms with Gasteiger partial charge in [-0.05, 0) is 54.4 Å². The highest BCUT2D eigenvalue weighted by molar-refractivity contribution is 5.95. The molecule has 0 unspecified atom stereocenters. The molecule has 0 saturated carbocycles. The van der Waals surface area contributed by atoms with Crippen molar-refractivity contribution < 1.29 is 14.4 Å². The monoisotopic (exact) mass is 410 g/mol. The van der Waals surface area contributed by atoms with Crippen LogP contribution in [0.2, 0.25) is 0 Å². The van der Waals surface area contributed by atoms with Crippen molar-refractivity contribution in [3.8, 4) is 0 Å². The SMILES string of the molecule is CC(C)CC(=O)Nc1ccc(NC(=O)CNc2ccc(NC(=O)C(C)C)cc2)cc1. The van der Waals surface area contributed by atoms with E-state index in [0.717, 1.165) is 5.69 Å². The smallest absolute Gasteiger partial charge is 0.243 e. The van der Waals surface area contributed by atoms with Crippen molar-refractivity contribution in [1.82, 2.24) is 0 Å². The number of amides is 3. The van der Waals surface area contributed by atoms with Gasteiger partial charge in [-0.2, -0.15) is 0 Å². The first-order valence-electron chi connectivity index (χ1n) is 10.1. The molecule has 0 aliphatic carbocycles. The van der Waals surface area contributed by atoms with Crippen LogP contribution in [0, 0.1) is 11.8 Å². The highest BCUT2D eigenvalue weighted by Crippen LogP contribution is 2.16. The molecule has 7 heteroatoms. The largest absolute Gasteiger partial charge is 0.376 e. The summed E-state index contributed by atoms with van der Waals surface area (Å²) in [5.41, 5.74) is 2.83. The fraction of sp³-hybridized carbons (Fsp3) is 0.348. The highest BCUT2D eigenvalue weighted by Gasteiger charge is 2.08. The molecule has 0 aromatic heterocycles. The maximum absolute atomic E-state index is 12.2. The first kappa shape index (κ1) is 22.9. The third kappa shape index (κ3) is 7.95. The Morgan fingerprint density at radius 1 is 0.667 bits per heavy atom. The van der Waals surface area contributed by atoms with E-state index in [0.29, 0.717) is 29.4 Å². The number of rotatable bonds is 9. The van der Waals surface area contributed by atoms with E-state index in [1.54, 1.807) is 48.5 Å². The van der Waals surface area contributed by atoms with Crippen LogP contribution < -0.4 is 21.3 Å². The van der Waals surface area contributed by atoms with Crippen LogP contribution in [0.4, 0.5) is 22.7 Å². The normalized spacial score (nSPS) is 10.6. The molecule has 3 amide bonds. The standard InChI is InChI=1S/C23H30N4O3/c1-15(2)13-21(28)25-18-9-11-19(12-10-18)26-22(29)14-24-17-5-7-20(8-6-17)27-23(30)16(3)4/h5-12,15-16,24H,13-14H2,1-4H3,(H,25,28)(H,26,29)(H,27,30). The number of nitrogens with one attached hydrogen (secondary N) is 4. The molecule has 0 aliphatic rings. The van der Waals surface area contributed by atoms with Crippen LogP contribution in [-0.2, 0) is 14.4 Å². The molecule has 4 N–H and O–H groups in total. The average molecular weight is 411 g/mol. The fourth-order valence-electron chi connectivity index (χ4n) is 2.57. The Kier molecular flexibility index (Phi) is 8.41. The van der Waals surface area contributed by atoms with Crippen LogP contribution in [0.3, 0.4) is 0 Å². The molecular weight excluding hydrogens is 380 g/mol. The van der Waals surface area contributed by atoms with Crippen molar-refractivity contribution in [2.45, 2.75) is 34.1 Å². The van der Waals surface area contributed by atoms with Gasteiger partial charge in [0.25, 0.3) is 0 Å². The molecule has 2 aromatic carbocycles. The van der Waals surface area contributed by atoms with Gasteiger partial charge in [0.1, 0.15) is 0 Å². The van der Waals surface area contributed by atoms with Crippen LogP contribution in [0.5, 0.6) is 0 Å². The van der Waals surface area contributed by atoms with Gasteiger partial charge in [-0.15, -0.1) is 0 Å². The minimum absolute atomic E-state index is 0.0271. The highest BCUT2D eigenvalue weighted by atomic mass is 16.2. The summed E-state index contributed by atoms with van der Waals surface area (Å²) in [6.07, 6.45) is 0.467. The molecule has 0 bridgehead atoms. The Labute approximate surface area is 177 Å². The lowest BCUT2D eigenvalue weighted by Gasteiger charge is -2.11. The Bertz CT molecular complexity index is 859. The van der Waals surface area contributed by atoms with E-state index in [9.17, 15) is 14.4 Å². The number of carbonyl (C=O) groups is 3. The second-order valence-electron chi connectivity index (χ2n) is 7.85. The van der Waals surface area contributed by atoms with Crippen LogP contribution in [0.1, 0.15) is 34.1 Å². The minimum atomic E-state index is -0.191. The van der Waals surface area contributed by atoms with Gasteiger partial charge in [0.05, 0.1) is 6.54 Å². The van der Waals surface area contributed by atoms with Crippen LogP contribution >= 0.6 is 0 Å². The molecule has 0 radical (unpaired) electrons. The number of benzene rings is 2. The van der Waals surface area contributed by atoms with Gasteiger partial charge in [0.15, 0.2) is 0 Å². The topological polar surface area (TPSA) is 99.3 Å². The van der Waals surface area contributed by atoms with Gasteiger partial charge in [-0.1, -0.05) is 27.7 Å². The summed E-state index contributed by atoms with van der Waals surface area (Å²) in [6, 6.07) is 14.2.